The molecule has 0 heterocycles. The van der Waals surface area contributed by atoms with Gasteiger partial charge in [0.1, 0.15) is 6.21 Å². The average Bonchev–Trinajstić information content (AvgIpc) is 2.41. The molecule has 90 valence electrons. The zero-order valence-corrected chi connectivity index (χ0v) is 9.58. The molecule has 0 unspecified atom stereocenters. The molecule has 4 heteroatoms. The lowest BCUT2D eigenvalue weighted by atomic mass is 10.1. The van der Waals surface area contributed by atoms with Crippen molar-refractivity contribution in [2.45, 2.75) is 0 Å². The first-order chi connectivity index (χ1) is 8.79. The number of amides is 1. The van der Waals surface area contributed by atoms with Gasteiger partial charge in [0.05, 0.1) is 0 Å². The molecule has 0 bridgehead atoms. The topological polar surface area (TPSA) is 61.7 Å². The lowest BCUT2D eigenvalue weighted by Gasteiger charge is -2.04. The molecule has 0 saturated carbocycles. The Bertz CT molecular complexity index is 548. The van der Waals surface area contributed by atoms with E-state index < -0.39 is 5.91 Å². The van der Waals surface area contributed by atoms with Gasteiger partial charge in [-0.25, -0.2) is 0 Å². The predicted molar refractivity (Wildman–Crippen MR) is 70.8 cm³/mol. The van der Waals surface area contributed by atoms with Crippen LogP contribution < -0.4 is 5.32 Å². The molecule has 4 nitrogen and oxygen atoms in total. The number of hydrogen-bond acceptors (Lipinski definition) is 3. The molecule has 0 aliphatic rings. The Kier molecular flexibility index (Phi) is 3.71. The molecule has 1 amide bonds. The number of rotatable bonds is 3. The molecule has 0 fully saturated rings. The van der Waals surface area contributed by atoms with Crippen molar-refractivity contribution in [3.63, 3.8) is 0 Å². The van der Waals surface area contributed by atoms with Crippen LogP contribution in [0.5, 0.6) is 0 Å². The van der Waals surface area contributed by atoms with E-state index in [-0.39, 0.29) is 0 Å². The molecule has 0 saturated heterocycles. The Morgan fingerprint density at radius 1 is 1.00 bits per heavy atom. The number of carbonyl (C=O) groups excluding carboxylic acids is 1. The van der Waals surface area contributed by atoms with Gasteiger partial charge in [-0.1, -0.05) is 47.6 Å². The molecule has 0 aliphatic heterocycles. The first-order valence-electron chi connectivity index (χ1n) is 5.43. The van der Waals surface area contributed by atoms with Crippen molar-refractivity contribution < 1.29 is 10.0 Å². The van der Waals surface area contributed by atoms with Crippen LogP contribution in [0.1, 0.15) is 0 Å². The Balaban J connectivity index is 2.13. The molecule has 0 aliphatic carbocycles. The van der Waals surface area contributed by atoms with E-state index in [1.54, 1.807) is 12.1 Å². The summed E-state index contributed by atoms with van der Waals surface area (Å²) in [6.07, 6.45) is 0.811. The third-order valence-corrected chi connectivity index (χ3v) is 2.43. The summed E-state index contributed by atoms with van der Waals surface area (Å²) in [6.45, 7) is 0. The smallest absolute Gasteiger partial charge is 0.270 e. The normalized spacial score (nSPS) is 10.4. The van der Waals surface area contributed by atoms with Crippen LogP contribution in [-0.2, 0) is 4.79 Å². The highest BCUT2D eigenvalue weighted by Gasteiger charge is 2.00. The lowest BCUT2D eigenvalue weighted by Crippen LogP contribution is -2.12. The van der Waals surface area contributed by atoms with Gasteiger partial charge in [-0.3, -0.25) is 4.79 Å². The highest BCUT2D eigenvalue weighted by atomic mass is 16.4. The fourth-order valence-corrected chi connectivity index (χ4v) is 1.60. The van der Waals surface area contributed by atoms with E-state index in [1.165, 1.54) is 0 Å². The highest BCUT2D eigenvalue weighted by Crippen LogP contribution is 2.20. The van der Waals surface area contributed by atoms with E-state index in [9.17, 15) is 4.79 Å². The van der Waals surface area contributed by atoms with Gasteiger partial charge in [0.2, 0.25) is 0 Å². The second-order valence-electron chi connectivity index (χ2n) is 3.68. The van der Waals surface area contributed by atoms with E-state index in [0.717, 1.165) is 17.3 Å². The van der Waals surface area contributed by atoms with Crippen molar-refractivity contribution in [2.75, 3.05) is 5.32 Å². The minimum atomic E-state index is -0.468. The van der Waals surface area contributed by atoms with E-state index in [0.29, 0.717) is 5.69 Å². The molecule has 0 atom stereocenters. The molecule has 2 N–H and O–H groups in total. The van der Waals surface area contributed by atoms with Crippen LogP contribution in [0.3, 0.4) is 0 Å². The summed E-state index contributed by atoms with van der Waals surface area (Å²) in [6, 6.07) is 17.4. The van der Waals surface area contributed by atoms with Crippen molar-refractivity contribution >= 4 is 17.8 Å². The Hall–Kier alpha value is -2.62. The molecular formula is C14H12N2O2. The van der Waals surface area contributed by atoms with Crippen LogP contribution in [0.2, 0.25) is 0 Å². The number of benzene rings is 2. The Labute approximate surface area is 105 Å². The van der Waals surface area contributed by atoms with E-state index >= 15 is 0 Å². The molecule has 2 aromatic rings. The minimum Gasteiger partial charge on any atom is -0.411 e. The van der Waals surface area contributed by atoms with Gasteiger partial charge in [-0.15, -0.1) is 0 Å². The van der Waals surface area contributed by atoms with Gasteiger partial charge in [-0.2, -0.15) is 0 Å². The van der Waals surface area contributed by atoms with Gasteiger partial charge in [-0.05, 0) is 23.3 Å². The van der Waals surface area contributed by atoms with Crippen LogP contribution in [0.15, 0.2) is 59.8 Å². The van der Waals surface area contributed by atoms with Crippen LogP contribution >= 0.6 is 0 Å². The fraction of sp³-hybridized carbons (Fsp3) is 0. The Morgan fingerprint density at radius 3 is 2.22 bits per heavy atom. The van der Waals surface area contributed by atoms with Gasteiger partial charge >= 0.3 is 0 Å². The summed E-state index contributed by atoms with van der Waals surface area (Å²) >= 11 is 0. The summed E-state index contributed by atoms with van der Waals surface area (Å²) in [7, 11) is 0. The van der Waals surface area contributed by atoms with Crippen LogP contribution in [0.4, 0.5) is 5.69 Å². The van der Waals surface area contributed by atoms with Gasteiger partial charge < -0.3 is 10.5 Å². The molecule has 2 rings (SSSR count). The fourth-order valence-electron chi connectivity index (χ4n) is 1.60. The van der Waals surface area contributed by atoms with Gasteiger partial charge in [0.25, 0.3) is 5.91 Å². The van der Waals surface area contributed by atoms with Gasteiger partial charge in [0, 0.05) is 5.69 Å². The van der Waals surface area contributed by atoms with E-state index in [4.69, 9.17) is 5.21 Å². The standard InChI is InChI=1S/C14H12N2O2/c17-14(10-15-18)16-13-8-6-12(7-9-13)11-4-2-1-3-5-11/h1-10,18H,(H,16,17)/b15-10+. The lowest BCUT2D eigenvalue weighted by molar-refractivity contribution is -0.110. The maximum atomic E-state index is 11.1. The van der Waals surface area contributed by atoms with Crippen LogP contribution in [-0.4, -0.2) is 17.3 Å². The molecule has 18 heavy (non-hydrogen) atoms. The number of nitrogens with zero attached hydrogens (tertiary/aromatic N) is 1. The monoisotopic (exact) mass is 240 g/mol. The third-order valence-electron chi connectivity index (χ3n) is 2.43. The summed E-state index contributed by atoms with van der Waals surface area (Å²) in [4.78, 5) is 11.1. The van der Waals surface area contributed by atoms with E-state index in [1.807, 2.05) is 42.5 Å². The van der Waals surface area contributed by atoms with E-state index in [2.05, 4.69) is 10.5 Å². The summed E-state index contributed by atoms with van der Waals surface area (Å²) in [5.41, 5.74) is 2.84. The summed E-state index contributed by atoms with van der Waals surface area (Å²) in [5.74, 6) is -0.468. The van der Waals surface area contributed by atoms with Crippen molar-refractivity contribution in [3.8, 4) is 11.1 Å². The second-order valence-corrected chi connectivity index (χ2v) is 3.68. The first kappa shape index (κ1) is 11.9. The zero-order chi connectivity index (χ0) is 12.8. The molecule has 0 radical (unpaired) electrons. The van der Waals surface area contributed by atoms with Gasteiger partial charge in [0.15, 0.2) is 0 Å². The predicted octanol–water partition coefficient (Wildman–Crippen LogP) is 2.75. The minimum absolute atomic E-state index is 0.468. The number of carbonyl (C=O) groups is 1. The Morgan fingerprint density at radius 2 is 1.61 bits per heavy atom. The first-order valence-corrected chi connectivity index (χ1v) is 5.43. The number of oxime groups is 1. The largest absolute Gasteiger partial charge is 0.411 e. The number of hydrogen-bond donors (Lipinski definition) is 2. The third kappa shape index (κ3) is 2.95. The maximum Gasteiger partial charge on any atom is 0.270 e. The number of nitrogens with one attached hydrogen (secondary N) is 1. The summed E-state index contributed by atoms with van der Waals surface area (Å²) in [5, 5.41) is 13.4. The van der Waals surface area contributed by atoms with Crippen molar-refractivity contribution in [1.29, 1.82) is 0 Å². The maximum absolute atomic E-state index is 11.1. The summed E-state index contributed by atoms with van der Waals surface area (Å²) < 4.78 is 0. The molecular weight excluding hydrogens is 228 g/mol. The number of anilines is 1. The van der Waals surface area contributed by atoms with Crippen molar-refractivity contribution in [1.82, 2.24) is 0 Å². The molecule has 0 aromatic heterocycles. The zero-order valence-electron chi connectivity index (χ0n) is 9.58. The van der Waals surface area contributed by atoms with Crippen LogP contribution in [0, 0.1) is 0 Å². The molecule has 2 aromatic carbocycles. The average molecular weight is 240 g/mol. The van der Waals surface area contributed by atoms with Crippen molar-refractivity contribution in [2.24, 2.45) is 5.16 Å². The quantitative estimate of drug-likeness (QED) is 0.492. The highest BCUT2D eigenvalue weighted by molar-refractivity contribution is 6.31. The van der Waals surface area contributed by atoms with Crippen LogP contribution in [0.25, 0.3) is 11.1 Å². The van der Waals surface area contributed by atoms with Crippen molar-refractivity contribution in [3.05, 3.63) is 54.6 Å². The SMILES string of the molecule is O=C(/C=N/O)Nc1ccc(-c2ccccc2)cc1. The molecule has 0 spiro atoms. The second kappa shape index (κ2) is 5.63.